The van der Waals surface area contributed by atoms with E-state index in [0.29, 0.717) is 6.54 Å². The Bertz CT molecular complexity index is 670. The fourth-order valence-electron chi connectivity index (χ4n) is 2.85. The Balaban J connectivity index is 0.00000243. The first-order valence-electron chi connectivity index (χ1n) is 8.65. The summed E-state index contributed by atoms with van der Waals surface area (Å²) in [6.07, 6.45) is 1.75. The first-order chi connectivity index (χ1) is 12.3. The smallest absolute Gasteiger partial charge is 0.191 e. The van der Waals surface area contributed by atoms with Crippen molar-refractivity contribution < 1.29 is 4.74 Å². The normalized spacial score (nSPS) is 15.3. The highest BCUT2D eigenvalue weighted by molar-refractivity contribution is 14.0. The van der Waals surface area contributed by atoms with E-state index in [0.717, 1.165) is 51.0 Å². The number of guanidine groups is 1. The molecule has 1 fully saturated rings. The van der Waals surface area contributed by atoms with Crippen LogP contribution in [0.1, 0.15) is 16.8 Å². The third kappa shape index (κ3) is 6.26. The molecule has 0 spiro atoms. The Labute approximate surface area is 171 Å². The highest BCUT2D eigenvalue weighted by Gasteiger charge is 2.12. The van der Waals surface area contributed by atoms with Crippen LogP contribution in [0.4, 0.5) is 0 Å². The average Bonchev–Trinajstić information content (AvgIpc) is 3.17. The molecule has 3 N–H and O–H groups in total. The molecule has 1 aliphatic rings. The van der Waals surface area contributed by atoms with Crippen LogP contribution in [0, 0.1) is 0 Å². The van der Waals surface area contributed by atoms with Crippen molar-refractivity contribution >= 4 is 29.9 Å². The molecule has 0 radical (unpaired) electrons. The molecule has 8 heteroatoms. The average molecular weight is 470 g/mol. The van der Waals surface area contributed by atoms with Gasteiger partial charge in [0.2, 0.25) is 0 Å². The zero-order valence-corrected chi connectivity index (χ0v) is 17.4. The number of nitrogens with one attached hydrogen (secondary N) is 3. The fraction of sp³-hybridized carbons (Fsp3) is 0.444. The standard InChI is InChI=1S/C18H26N6O.HI/c1-19-18(21-13-17-6-7-22-23-17)20-12-15-4-2-3-5-16(15)14-24-8-10-25-11-9-24;/h2-7H,8-14H2,1H3,(H,22,23)(H2,19,20,21);1H. The lowest BCUT2D eigenvalue weighted by Crippen LogP contribution is -2.37. The number of hydrogen-bond acceptors (Lipinski definition) is 4. The van der Waals surface area contributed by atoms with Crippen LogP contribution in [-0.4, -0.2) is 54.4 Å². The Hall–Kier alpha value is -1.65. The highest BCUT2D eigenvalue weighted by atomic mass is 127. The van der Waals surface area contributed by atoms with Gasteiger partial charge in [-0.15, -0.1) is 24.0 Å². The van der Waals surface area contributed by atoms with E-state index < -0.39 is 0 Å². The number of H-pyrrole nitrogens is 1. The minimum atomic E-state index is 0. The number of aliphatic imine (C=N–C) groups is 1. The van der Waals surface area contributed by atoms with Crippen LogP contribution in [0.3, 0.4) is 0 Å². The van der Waals surface area contributed by atoms with Gasteiger partial charge < -0.3 is 15.4 Å². The summed E-state index contributed by atoms with van der Waals surface area (Å²) in [5.41, 5.74) is 3.66. The maximum Gasteiger partial charge on any atom is 0.191 e. The molecule has 0 aliphatic carbocycles. The van der Waals surface area contributed by atoms with Crippen molar-refractivity contribution in [2.75, 3.05) is 33.4 Å². The molecular weight excluding hydrogens is 443 g/mol. The SMILES string of the molecule is CN=C(NCc1ccn[nH]1)NCc1ccccc1CN1CCOCC1.I. The Morgan fingerprint density at radius 2 is 1.88 bits per heavy atom. The molecule has 1 saturated heterocycles. The lowest BCUT2D eigenvalue weighted by atomic mass is 10.1. The lowest BCUT2D eigenvalue weighted by molar-refractivity contribution is 0.0341. The van der Waals surface area contributed by atoms with Crippen LogP contribution in [-0.2, 0) is 24.4 Å². The molecule has 7 nitrogen and oxygen atoms in total. The molecule has 2 aromatic rings. The topological polar surface area (TPSA) is 77.6 Å². The number of aromatic nitrogens is 2. The number of aromatic amines is 1. The number of halogens is 1. The van der Waals surface area contributed by atoms with Gasteiger partial charge >= 0.3 is 0 Å². The van der Waals surface area contributed by atoms with Gasteiger partial charge in [0, 0.05) is 39.4 Å². The van der Waals surface area contributed by atoms with E-state index in [-0.39, 0.29) is 24.0 Å². The van der Waals surface area contributed by atoms with E-state index in [9.17, 15) is 0 Å². The summed E-state index contributed by atoms with van der Waals surface area (Å²) in [5.74, 6) is 0.774. The van der Waals surface area contributed by atoms with E-state index in [4.69, 9.17) is 4.74 Å². The quantitative estimate of drug-likeness (QED) is 0.341. The van der Waals surface area contributed by atoms with Gasteiger partial charge in [-0.3, -0.25) is 15.0 Å². The molecule has 0 amide bonds. The number of rotatable bonds is 6. The summed E-state index contributed by atoms with van der Waals surface area (Å²) in [5, 5.41) is 13.6. The largest absolute Gasteiger partial charge is 0.379 e. The maximum absolute atomic E-state index is 5.43. The second-order valence-electron chi connectivity index (χ2n) is 6.02. The Morgan fingerprint density at radius 3 is 2.58 bits per heavy atom. The van der Waals surface area contributed by atoms with Crippen LogP contribution in [0.2, 0.25) is 0 Å². The first kappa shape index (κ1) is 20.7. The first-order valence-corrected chi connectivity index (χ1v) is 8.65. The van der Waals surface area contributed by atoms with Crippen molar-refractivity contribution in [3.63, 3.8) is 0 Å². The second kappa shape index (κ2) is 11.1. The molecular formula is C18H27IN6O. The van der Waals surface area contributed by atoms with Gasteiger partial charge in [0.1, 0.15) is 0 Å². The van der Waals surface area contributed by atoms with Gasteiger partial charge in [-0.1, -0.05) is 24.3 Å². The summed E-state index contributed by atoms with van der Waals surface area (Å²) in [7, 11) is 1.78. The van der Waals surface area contributed by atoms with E-state index in [2.05, 4.69) is 55.0 Å². The van der Waals surface area contributed by atoms with Gasteiger partial charge in [-0.05, 0) is 17.2 Å². The van der Waals surface area contributed by atoms with Crippen LogP contribution in [0.25, 0.3) is 0 Å². The number of hydrogen-bond donors (Lipinski definition) is 3. The molecule has 26 heavy (non-hydrogen) atoms. The van der Waals surface area contributed by atoms with Crippen molar-refractivity contribution in [3.05, 3.63) is 53.3 Å². The molecule has 0 atom stereocenters. The minimum Gasteiger partial charge on any atom is -0.379 e. The molecule has 0 bridgehead atoms. The van der Waals surface area contributed by atoms with E-state index >= 15 is 0 Å². The molecule has 3 rings (SSSR count). The fourth-order valence-corrected chi connectivity index (χ4v) is 2.85. The zero-order valence-electron chi connectivity index (χ0n) is 15.1. The van der Waals surface area contributed by atoms with Crippen molar-refractivity contribution in [3.8, 4) is 0 Å². The predicted octanol–water partition coefficient (Wildman–Crippen LogP) is 1.73. The predicted molar refractivity (Wildman–Crippen MR) is 114 cm³/mol. The number of nitrogens with zero attached hydrogens (tertiary/aromatic N) is 3. The van der Waals surface area contributed by atoms with Gasteiger partial charge in [-0.2, -0.15) is 5.10 Å². The van der Waals surface area contributed by atoms with Gasteiger partial charge in [0.15, 0.2) is 5.96 Å². The summed E-state index contributed by atoms with van der Waals surface area (Å²) in [4.78, 5) is 6.72. The van der Waals surface area contributed by atoms with Crippen molar-refractivity contribution in [1.82, 2.24) is 25.7 Å². The van der Waals surface area contributed by atoms with E-state index in [1.165, 1.54) is 11.1 Å². The second-order valence-corrected chi connectivity index (χ2v) is 6.02. The molecule has 0 saturated carbocycles. The lowest BCUT2D eigenvalue weighted by Gasteiger charge is -2.27. The van der Waals surface area contributed by atoms with Crippen LogP contribution < -0.4 is 10.6 Å². The highest BCUT2D eigenvalue weighted by Crippen LogP contribution is 2.13. The van der Waals surface area contributed by atoms with Crippen LogP contribution in [0.15, 0.2) is 41.5 Å². The zero-order chi connectivity index (χ0) is 17.3. The van der Waals surface area contributed by atoms with Crippen molar-refractivity contribution in [1.29, 1.82) is 0 Å². The third-order valence-electron chi connectivity index (χ3n) is 4.29. The van der Waals surface area contributed by atoms with Crippen LogP contribution >= 0.6 is 24.0 Å². The maximum atomic E-state index is 5.43. The van der Waals surface area contributed by atoms with Gasteiger partial charge in [0.05, 0.1) is 25.5 Å². The number of morpholine rings is 1. The monoisotopic (exact) mass is 470 g/mol. The van der Waals surface area contributed by atoms with Crippen molar-refractivity contribution in [2.24, 2.45) is 4.99 Å². The number of ether oxygens (including phenoxy) is 1. The van der Waals surface area contributed by atoms with E-state index in [1.54, 1.807) is 13.2 Å². The Morgan fingerprint density at radius 1 is 1.15 bits per heavy atom. The molecule has 1 aromatic carbocycles. The van der Waals surface area contributed by atoms with E-state index in [1.807, 2.05) is 6.07 Å². The summed E-state index contributed by atoms with van der Waals surface area (Å²) < 4.78 is 5.43. The Kier molecular flexibility index (Phi) is 8.86. The van der Waals surface area contributed by atoms with Crippen molar-refractivity contribution in [2.45, 2.75) is 19.6 Å². The summed E-state index contributed by atoms with van der Waals surface area (Å²) in [6.45, 7) is 6.00. The molecule has 1 aromatic heterocycles. The third-order valence-corrected chi connectivity index (χ3v) is 4.29. The summed E-state index contributed by atoms with van der Waals surface area (Å²) >= 11 is 0. The van der Waals surface area contributed by atoms with Gasteiger partial charge in [-0.25, -0.2) is 0 Å². The molecule has 1 aliphatic heterocycles. The number of benzene rings is 1. The van der Waals surface area contributed by atoms with Gasteiger partial charge in [0.25, 0.3) is 0 Å². The molecule has 2 heterocycles. The molecule has 142 valence electrons. The minimum absolute atomic E-state index is 0. The van der Waals surface area contributed by atoms with Crippen LogP contribution in [0.5, 0.6) is 0 Å². The molecule has 0 unspecified atom stereocenters. The summed E-state index contributed by atoms with van der Waals surface area (Å²) in [6, 6.07) is 10.5.